The van der Waals surface area contributed by atoms with Gasteiger partial charge in [0.25, 0.3) is 10.0 Å². The van der Waals surface area contributed by atoms with E-state index < -0.39 is 10.0 Å². The van der Waals surface area contributed by atoms with Crippen LogP contribution in [0.2, 0.25) is 0 Å². The average Bonchev–Trinajstić information content (AvgIpc) is 2.87. The first-order chi connectivity index (χ1) is 10.0. The summed E-state index contributed by atoms with van der Waals surface area (Å²) in [7, 11) is -0.150. The molecular weight excluding hydrogens is 312 g/mol. The van der Waals surface area contributed by atoms with Gasteiger partial charge in [-0.25, -0.2) is 8.42 Å². The third-order valence-electron chi connectivity index (χ3n) is 3.27. The van der Waals surface area contributed by atoms with Gasteiger partial charge >= 0.3 is 0 Å². The van der Waals surface area contributed by atoms with Crippen LogP contribution in [0.4, 0.5) is 0 Å². The highest BCUT2D eigenvalue weighted by Crippen LogP contribution is 2.38. The highest BCUT2D eigenvalue weighted by molar-refractivity contribution is 8.17. The second-order valence-electron chi connectivity index (χ2n) is 4.50. The predicted octanol–water partition coefficient (Wildman–Crippen LogP) is 1.75. The van der Waals surface area contributed by atoms with Crippen molar-refractivity contribution in [2.24, 2.45) is 4.40 Å². The zero-order chi connectivity index (χ0) is 15.0. The van der Waals surface area contributed by atoms with E-state index in [2.05, 4.69) is 4.40 Å². The minimum absolute atomic E-state index is 0.0295. The summed E-state index contributed by atoms with van der Waals surface area (Å²) in [6.07, 6.45) is 0. The molecule has 2 aliphatic heterocycles. The van der Waals surface area contributed by atoms with Crippen molar-refractivity contribution in [3.63, 3.8) is 0 Å². The van der Waals surface area contributed by atoms with Crippen LogP contribution in [-0.4, -0.2) is 45.0 Å². The Balaban J connectivity index is 1.96. The number of sulfonamides is 1. The smallest absolute Gasteiger partial charge is 0.257 e. The van der Waals surface area contributed by atoms with Gasteiger partial charge in [-0.3, -0.25) is 0 Å². The molecule has 0 saturated heterocycles. The standard InChI is InChI=1S/C13H14N2O4S2/c1-18-11-4-3-9(7-12(11)19-2)10-8-20-13-14-21(16,17)6-5-15(10)13/h3-4,7-8H,5-6H2,1-2H3. The molecule has 1 aromatic carbocycles. The van der Waals surface area contributed by atoms with Crippen LogP contribution in [-0.2, 0) is 10.0 Å². The largest absolute Gasteiger partial charge is 0.493 e. The van der Waals surface area contributed by atoms with Crippen molar-refractivity contribution in [2.75, 3.05) is 26.5 Å². The molecule has 0 amide bonds. The van der Waals surface area contributed by atoms with Crippen molar-refractivity contribution in [1.82, 2.24) is 4.90 Å². The molecule has 0 atom stereocenters. The molecule has 0 fully saturated rings. The van der Waals surface area contributed by atoms with Crippen molar-refractivity contribution in [3.8, 4) is 11.5 Å². The maximum Gasteiger partial charge on any atom is 0.257 e. The monoisotopic (exact) mass is 326 g/mol. The van der Waals surface area contributed by atoms with Crippen LogP contribution < -0.4 is 9.47 Å². The summed E-state index contributed by atoms with van der Waals surface area (Å²) in [4.78, 5) is 1.91. The van der Waals surface area contributed by atoms with E-state index in [4.69, 9.17) is 9.47 Å². The van der Waals surface area contributed by atoms with Crippen LogP contribution in [0.15, 0.2) is 28.0 Å². The number of nitrogens with zero attached hydrogens (tertiary/aromatic N) is 2. The average molecular weight is 326 g/mol. The van der Waals surface area contributed by atoms with Crippen molar-refractivity contribution >= 4 is 32.6 Å². The van der Waals surface area contributed by atoms with E-state index in [0.29, 0.717) is 23.2 Å². The van der Waals surface area contributed by atoms with Crippen molar-refractivity contribution in [1.29, 1.82) is 0 Å². The third kappa shape index (κ3) is 2.60. The van der Waals surface area contributed by atoms with E-state index in [1.807, 2.05) is 28.5 Å². The molecule has 0 unspecified atom stereocenters. The van der Waals surface area contributed by atoms with Gasteiger partial charge in [-0.1, -0.05) is 11.8 Å². The third-order valence-corrected chi connectivity index (χ3v) is 5.40. The van der Waals surface area contributed by atoms with E-state index in [9.17, 15) is 8.42 Å². The lowest BCUT2D eigenvalue weighted by Crippen LogP contribution is -2.34. The lowest BCUT2D eigenvalue weighted by atomic mass is 10.1. The first-order valence-electron chi connectivity index (χ1n) is 6.23. The maximum atomic E-state index is 11.5. The van der Waals surface area contributed by atoms with Gasteiger partial charge in [-0.15, -0.1) is 4.40 Å². The Morgan fingerprint density at radius 2 is 2.00 bits per heavy atom. The molecule has 0 bridgehead atoms. The normalized spacial score (nSPS) is 19.6. The van der Waals surface area contributed by atoms with Crippen LogP contribution in [0.5, 0.6) is 11.5 Å². The summed E-state index contributed by atoms with van der Waals surface area (Å²) in [5, 5.41) is 2.41. The summed E-state index contributed by atoms with van der Waals surface area (Å²) in [6, 6.07) is 5.62. The van der Waals surface area contributed by atoms with E-state index in [1.165, 1.54) is 11.8 Å². The predicted molar refractivity (Wildman–Crippen MR) is 83.0 cm³/mol. The number of hydrogen-bond acceptors (Lipinski definition) is 6. The first kappa shape index (κ1) is 14.3. The van der Waals surface area contributed by atoms with Gasteiger partial charge in [0.15, 0.2) is 16.7 Å². The molecule has 0 aromatic heterocycles. The van der Waals surface area contributed by atoms with Gasteiger partial charge < -0.3 is 14.4 Å². The Morgan fingerprint density at radius 1 is 1.24 bits per heavy atom. The van der Waals surface area contributed by atoms with Gasteiger partial charge in [0.1, 0.15) is 0 Å². The fourth-order valence-electron chi connectivity index (χ4n) is 2.22. The topological polar surface area (TPSA) is 68.2 Å². The highest BCUT2D eigenvalue weighted by atomic mass is 32.2. The van der Waals surface area contributed by atoms with Gasteiger partial charge in [0, 0.05) is 17.5 Å². The Bertz CT molecular complexity index is 741. The summed E-state index contributed by atoms with van der Waals surface area (Å²) >= 11 is 1.32. The molecule has 0 saturated carbocycles. The fraction of sp³-hybridized carbons (Fsp3) is 0.308. The fourth-order valence-corrected chi connectivity index (χ4v) is 4.37. The highest BCUT2D eigenvalue weighted by Gasteiger charge is 2.31. The van der Waals surface area contributed by atoms with Crippen LogP contribution in [0, 0.1) is 0 Å². The molecule has 2 heterocycles. The molecule has 112 valence electrons. The lowest BCUT2D eigenvalue weighted by molar-refractivity contribution is 0.355. The molecule has 8 heteroatoms. The maximum absolute atomic E-state index is 11.5. The second kappa shape index (κ2) is 5.27. The van der Waals surface area contributed by atoms with Gasteiger partial charge in [0.05, 0.1) is 25.7 Å². The summed E-state index contributed by atoms with van der Waals surface area (Å²) in [5.41, 5.74) is 1.86. The Kier molecular flexibility index (Phi) is 3.58. The van der Waals surface area contributed by atoms with Crippen LogP contribution >= 0.6 is 11.8 Å². The number of hydrogen-bond donors (Lipinski definition) is 0. The number of amidine groups is 1. The van der Waals surface area contributed by atoms with Crippen LogP contribution in [0.3, 0.4) is 0 Å². The lowest BCUT2D eigenvalue weighted by Gasteiger charge is -2.25. The number of thioether (sulfide) groups is 1. The van der Waals surface area contributed by atoms with E-state index in [-0.39, 0.29) is 5.75 Å². The van der Waals surface area contributed by atoms with E-state index >= 15 is 0 Å². The minimum Gasteiger partial charge on any atom is -0.493 e. The van der Waals surface area contributed by atoms with Gasteiger partial charge in [0.2, 0.25) is 0 Å². The van der Waals surface area contributed by atoms with Crippen molar-refractivity contribution < 1.29 is 17.9 Å². The summed E-state index contributed by atoms with van der Waals surface area (Å²) in [6.45, 7) is 0.411. The molecule has 6 nitrogen and oxygen atoms in total. The quantitative estimate of drug-likeness (QED) is 0.843. The zero-order valence-electron chi connectivity index (χ0n) is 11.6. The SMILES string of the molecule is COc1ccc(C2=CSC3=NS(=O)(=O)CCN23)cc1OC. The Morgan fingerprint density at radius 3 is 2.71 bits per heavy atom. The van der Waals surface area contributed by atoms with Gasteiger partial charge in [-0.2, -0.15) is 0 Å². The Hall–Kier alpha value is -1.67. The first-order valence-corrected chi connectivity index (χ1v) is 8.72. The molecule has 0 aliphatic carbocycles. The van der Waals surface area contributed by atoms with Crippen LogP contribution in [0.25, 0.3) is 5.70 Å². The Labute approximate surface area is 127 Å². The molecule has 2 aliphatic rings. The summed E-state index contributed by atoms with van der Waals surface area (Å²) < 4.78 is 37.4. The number of benzene rings is 1. The van der Waals surface area contributed by atoms with Gasteiger partial charge in [-0.05, 0) is 18.2 Å². The molecule has 1 aromatic rings. The van der Waals surface area contributed by atoms with E-state index in [0.717, 1.165) is 11.3 Å². The minimum atomic E-state index is -3.32. The number of fused-ring (bicyclic) bond motifs is 1. The zero-order valence-corrected chi connectivity index (χ0v) is 13.2. The van der Waals surface area contributed by atoms with Crippen LogP contribution in [0.1, 0.15) is 5.56 Å². The molecule has 0 radical (unpaired) electrons. The molecule has 3 rings (SSSR count). The number of rotatable bonds is 3. The number of ether oxygens (including phenoxy) is 2. The van der Waals surface area contributed by atoms with Crippen molar-refractivity contribution in [2.45, 2.75) is 0 Å². The van der Waals surface area contributed by atoms with E-state index in [1.54, 1.807) is 14.2 Å². The molecule has 0 N–H and O–H groups in total. The van der Waals surface area contributed by atoms with Crippen molar-refractivity contribution in [3.05, 3.63) is 29.2 Å². The number of methoxy groups -OCH3 is 2. The summed E-state index contributed by atoms with van der Waals surface area (Å²) in [5.74, 6) is 1.32. The molecule has 0 spiro atoms. The second-order valence-corrected chi connectivity index (χ2v) is 7.09. The molecular formula is C13H14N2O4S2. The molecule has 21 heavy (non-hydrogen) atoms.